The van der Waals surface area contributed by atoms with Gasteiger partial charge in [-0.3, -0.25) is 0 Å². The molecule has 0 radical (unpaired) electrons. The van der Waals surface area contributed by atoms with Crippen molar-refractivity contribution in [3.63, 3.8) is 0 Å². The molecule has 0 bridgehead atoms. The monoisotopic (exact) mass is 270 g/mol. The average Bonchev–Trinajstić information content (AvgIpc) is 2.55. The van der Waals surface area contributed by atoms with Crippen molar-refractivity contribution in [2.75, 3.05) is 0 Å². The maximum absolute atomic E-state index is 2.32. The zero-order valence-electron chi connectivity index (χ0n) is 12.0. The molecule has 0 aliphatic carbocycles. The molecule has 0 aliphatic rings. The van der Waals surface area contributed by atoms with Crippen LogP contribution in [0.3, 0.4) is 0 Å². The third kappa shape index (κ3) is 1.90. The highest BCUT2D eigenvalue weighted by molar-refractivity contribution is 6.05. The van der Waals surface area contributed by atoms with Gasteiger partial charge in [0.25, 0.3) is 0 Å². The lowest BCUT2D eigenvalue weighted by molar-refractivity contribution is -0.574. The number of aromatic nitrogens is 1. The summed E-state index contributed by atoms with van der Waals surface area (Å²) in [7, 11) is 0. The van der Waals surface area contributed by atoms with Crippen LogP contribution in [0.25, 0.3) is 27.4 Å². The van der Waals surface area contributed by atoms with Gasteiger partial charge in [0.05, 0.1) is 5.39 Å². The molecule has 100 valence electrons. The minimum atomic E-state index is 1.20. The van der Waals surface area contributed by atoms with Crippen LogP contribution in [0.15, 0.2) is 78.9 Å². The standard InChI is InChI=1S/C20H16N/c1-15-11-13-19-18-10-6-5-7-16(18)12-14-20(19)21(15)17-8-3-2-4-9-17/h2-14H,1H3/q+1. The van der Waals surface area contributed by atoms with Crippen molar-refractivity contribution in [2.45, 2.75) is 6.92 Å². The van der Waals surface area contributed by atoms with Gasteiger partial charge >= 0.3 is 0 Å². The summed E-state index contributed by atoms with van der Waals surface area (Å²) in [5, 5.41) is 3.88. The van der Waals surface area contributed by atoms with Crippen molar-refractivity contribution >= 4 is 21.7 Å². The zero-order valence-corrected chi connectivity index (χ0v) is 12.0. The average molecular weight is 270 g/mol. The summed E-state index contributed by atoms with van der Waals surface area (Å²) in [4.78, 5) is 0. The van der Waals surface area contributed by atoms with Crippen LogP contribution in [-0.4, -0.2) is 0 Å². The number of para-hydroxylation sites is 1. The number of benzene rings is 3. The third-order valence-corrected chi connectivity index (χ3v) is 4.05. The minimum Gasteiger partial charge on any atom is -0.158 e. The second-order valence-electron chi connectivity index (χ2n) is 5.37. The Morgan fingerprint density at radius 1 is 0.619 bits per heavy atom. The van der Waals surface area contributed by atoms with E-state index in [0.717, 1.165) is 0 Å². The van der Waals surface area contributed by atoms with E-state index in [2.05, 4.69) is 90.4 Å². The Bertz CT molecular complexity index is 940. The number of hydrogen-bond donors (Lipinski definition) is 0. The van der Waals surface area contributed by atoms with E-state index < -0.39 is 0 Å². The largest absolute Gasteiger partial charge is 0.219 e. The van der Waals surface area contributed by atoms with Crippen molar-refractivity contribution in [1.82, 2.24) is 0 Å². The summed E-state index contributed by atoms with van der Waals surface area (Å²) in [6, 6.07) is 27.9. The van der Waals surface area contributed by atoms with Gasteiger partial charge in [0, 0.05) is 31.2 Å². The number of pyridine rings is 1. The van der Waals surface area contributed by atoms with E-state index in [1.54, 1.807) is 0 Å². The molecule has 0 amide bonds. The van der Waals surface area contributed by atoms with Gasteiger partial charge in [0.1, 0.15) is 0 Å². The van der Waals surface area contributed by atoms with Crippen LogP contribution in [0, 0.1) is 6.92 Å². The molecule has 1 heterocycles. The van der Waals surface area contributed by atoms with Crippen LogP contribution in [0.4, 0.5) is 0 Å². The first-order valence-corrected chi connectivity index (χ1v) is 7.23. The van der Waals surface area contributed by atoms with Crippen molar-refractivity contribution in [3.05, 3.63) is 84.6 Å². The number of fused-ring (bicyclic) bond motifs is 3. The lowest BCUT2D eigenvalue weighted by Gasteiger charge is -2.06. The van der Waals surface area contributed by atoms with Crippen LogP contribution >= 0.6 is 0 Å². The fourth-order valence-electron chi connectivity index (χ4n) is 3.04. The molecule has 1 aromatic heterocycles. The summed E-state index contributed by atoms with van der Waals surface area (Å²) in [5.74, 6) is 0. The number of hydrogen-bond acceptors (Lipinski definition) is 0. The minimum absolute atomic E-state index is 1.20. The van der Waals surface area contributed by atoms with E-state index in [0.29, 0.717) is 0 Å². The molecule has 4 rings (SSSR count). The zero-order chi connectivity index (χ0) is 14.2. The van der Waals surface area contributed by atoms with Crippen molar-refractivity contribution < 1.29 is 4.57 Å². The summed E-state index contributed by atoms with van der Waals surface area (Å²) in [6.07, 6.45) is 0. The number of rotatable bonds is 1. The highest BCUT2D eigenvalue weighted by Gasteiger charge is 2.16. The van der Waals surface area contributed by atoms with Crippen LogP contribution in [-0.2, 0) is 0 Å². The van der Waals surface area contributed by atoms with E-state index in [9.17, 15) is 0 Å². The van der Waals surface area contributed by atoms with Gasteiger partial charge < -0.3 is 0 Å². The predicted octanol–water partition coefficient (Wildman–Crippen LogP) is 4.58. The predicted molar refractivity (Wildman–Crippen MR) is 87.7 cm³/mol. The number of aryl methyl sites for hydroxylation is 1. The van der Waals surface area contributed by atoms with Crippen LogP contribution < -0.4 is 4.57 Å². The Kier molecular flexibility index (Phi) is 2.71. The van der Waals surface area contributed by atoms with Gasteiger partial charge in [-0.15, -0.1) is 0 Å². The summed E-state index contributed by atoms with van der Waals surface area (Å²) in [6.45, 7) is 2.15. The van der Waals surface area contributed by atoms with Gasteiger partial charge in [-0.25, -0.2) is 0 Å². The Morgan fingerprint density at radius 2 is 1.38 bits per heavy atom. The molecule has 0 N–H and O–H groups in total. The molecule has 1 heteroatoms. The molecular weight excluding hydrogens is 254 g/mol. The SMILES string of the molecule is Cc1ccc2c3ccccc3ccc2[n+]1-c1ccccc1. The first-order chi connectivity index (χ1) is 10.3. The molecule has 21 heavy (non-hydrogen) atoms. The van der Waals surface area contributed by atoms with E-state index >= 15 is 0 Å². The highest BCUT2D eigenvalue weighted by atomic mass is 15.0. The lowest BCUT2D eigenvalue weighted by atomic mass is 10.0. The maximum Gasteiger partial charge on any atom is 0.219 e. The molecule has 0 unspecified atom stereocenters. The molecule has 0 saturated heterocycles. The molecule has 3 aromatic carbocycles. The Morgan fingerprint density at radius 3 is 2.24 bits per heavy atom. The van der Waals surface area contributed by atoms with Gasteiger partial charge in [-0.2, -0.15) is 4.57 Å². The van der Waals surface area contributed by atoms with Crippen LogP contribution in [0.2, 0.25) is 0 Å². The Labute approximate surface area is 124 Å². The molecule has 0 atom stereocenters. The fourth-order valence-corrected chi connectivity index (χ4v) is 3.04. The molecule has 0 saturated carbocycles. The molecule has 0 aliphatic heterocycles. The molecule has 0 spiro atoms. The highest BCUT2D eigenvalue weighted by Crippen LogP contribution is 2.24. The second-order valence-corrected chi connectivity index (χ2v) is 5.37. The molecule has 0 fully saturated rings. The summed E-state index contributed by atoms with van der Waals surface area (Å²) in [5.41, 5.74) is 3.69. The van der Waals surface area contributed by atoms with E-state index in [1.165, 1.54) is 33.1 Å². The van der Waals surface area contributed by atoms with Crippen molar-refractivity contribution in [3.8, 4) is 5.69 Å². The van der Waals surface area contributed by atoms with E-state index in [1.807, 2.05) is 0 Å². The van der Waals surface area contributed by atoms with Crippen molar-refractivity contribution in [1.29, 1.82) is 0 Å². The van der Waals surface area contributed by atoms with Gasteiger partial charge in [-0.1, -0.05) is 42.5 Å². The summed E-state index contributed by atoms with van der Waals surface area (Å²) >= 11 is 0. The Balaban J connectivity index is 2.16. The van der Waals surface area contributed by atoms with Crippen LogP contribution in [0.5, 0.6) is 0 Å². The number of nitrogens with zero attached hydrogens (tertiary/aromatic N) is 1. The molecule has 1 nitrogen and oxygen atoms in total. The lowest BCUT2D eigenvalue weighted by Crippen LogP contribution is -2.34. The van der Waals surface area contributed by atoms with Crippen LogP contribution in [0.1, 0.15) is 5.69 Å². The molecular formula is C20H16N+. The van der Waals surface area contributed by atoms with Crippen molar-refractivity contribution in [2.24, 2.45) is 0 Å². The van der Waals surface area contributed by atoms with E-state index in [-0.39, 0.29) is 0 Å². The smallest absolute Gasteiger partial charge is 0.158 e. The van der Waals surface area contributed by atoms with Gasteiger partial charge in [-0.05, 0) is 22.9 Å². The first-order valence-electron chi connectivity index (χ1n) is 7.23. The normalized spacial score (nSPS) is 11.1. The van der Waals surface area contributed by atoms with E-state index in [4.69, 9.17) is 0 Å². The van der Waals surface area contributed by atoms with Gasteiger partial charge in [0.15, 0.2) is 5.69 Å². The quantitative estimate of drug-likeness (QED) is 0.352. The maximum atomic E-state index is 2.32. The van der Waals surface area contributed by atoms with Gasteiger partial charge in [0.2, 0.25) is 11.2 Å². The third-order valence-electron chi connectivity index (χ3n) is 4.05. The second kappa shape index (κ2) is 4.71. The Hall–Kier alpha value is -2.67. The first kappa shape index (κ1) is 12.1. The topological polar surface area (TPSA) is 3.88 Å². The molecule has 4 aromatic rings. The summed E-state index contributed by atoms with van der Waals surface area (Å²) < 4.78 is 2.32. The fraction of sp³-hybridized carbons (Fsp3) is 0.0500.